The SMILES string of the molecule is Cc1ccc([C@@H]2c3[nH]c4ccccc4c3CCN2S(=O)(=O)c2ccc(C)c(C)c2)cc1. The van der Waals surface area contributed by atoms with Crippen LogP contribution in [0.25, 0.3) is 10.9 Å². The van der Waals surface area contributed by atoms with Crippen molar-refractivity contribution in [3.05, 3.63) is 100 Å². The van der Waals surface area contributed by atoms with Crippen LogP contribution in [0, 0.1) is 20.8 Å². The van der Waals surface area contributed by atoms with Crippen molar-refractivity contribution in [3.63, 3.8) is 0 Å². The lowest BCUT2D eigenvalue weighted by Crippen LogP contribution is -2.40. The Balaban J connectivity index is 1.71. The molecule has 0 amide bonds. The van der Waals surface area contributed by atoms with Crippen LogP contribution in [0.1, 0.15) is 39.6 Å². The first kappa shape index (κ1) is 20.0. The van der Waals surface area contributed by atoms with Crippen LogP contribution in [-0.2, 0) is 16.4 Å². The fraction of sp³-hybridized carbons (Fsp3) is 0.231. The molecular weight excluding hydrogens is 404 g/mol. The number of benzene rings is 3. The number of hydrogen-bond acceptors (Lipinski definition) is 2. The molecule has 5 heteroatoms. The zero-order valence-electron chi connectivity index (χ0n) is 18.0. The molecular formula is C26H26N2O2S. The maximum atomic E-state index is 13.8. The molecule has 4 nitrogen and oxygen atoms in total. The zero-order valence-corrected chi connectivity index (χ0v) is 18.8. The van der Waals surface area contributed by atoms with Crippen molar-refractivity contribution < 1.29 is 8.42 Å². The summed E-state index contributed by atoms with van der Waals surface area (Å²) in [5.41, 5.74) is 7.44. The number of H-pyrrole nitrogens is 1. The fourth-order valence-electron chi connectivity index (χ4n) is 4.57. The second-order valence-electron chi connectivity index (χ2n) is 8.49. The van der Waals surface area contributed by atoms with Gasteiger partial charge in [0.15, 0.2) is 0 Å². The molecule has 0 aliphatic carbocycles. The average Bonchev–Trinajstić information content (AvgIpc) is 3.14. The number of hydrogen-bond donors (Lipinski definition) is 1. The molecule has 5 rings (SSSR count). The fourth-order valence-corrected chi connectivity index (χ4v) is 6.24. The maximum Gasteiger partial charge on any atom is 0.244 e. The Morgan fingerprint density at radius 2 is 1.65 bits per heavy atom. The molecule has 0 unspecified atom stereocenters. The van der Waals surface area contributed by atoms with Gasteiger partial charge >= 0.3 is 0 Å². The zero-order chi connectivity index (χ0) is 21.8. The lowest BCUT2D eigenvalue weighted by atomic mass is 9.94. The highest BCUT2D eigenvalue weighted by Gasteiger charge is 2.39. The minimum Gasteiger partial charge on any atom is -0.357 e. The molecule has 2 heterocycles. The van der Waals surface area contributed by atoms with E-state index in [0.29, 0.717) is 17.9 Å². The van der Waals surface area contributed by atoms with Gasteiger partial charge in [0.05, 0.1) is 10.9 Å². The highest BCUT2D eigenvalue weighted by Crippen LogP contribution is 2.41. The van der Waals surface area contributed by atoms with Crippen molar-refractivity contribution in [2.75, 3.05) is 6.54 Å². The number of nitrogens with zero attached hydrogens (tertiary/aromatic N) is 1. The van der Waals surface area contributed by atoms with Gasteiger partial charge in [0.2, 0.25) is 10.0 Å². The Labute approximate surface area is 183 Å². The minimum absolute atomic E-state index is 0.354. The first-order valence-corrected chi connectivity index (χ1v) is 12.1. The van der Waals surface area contributed by atoms with E-state index in [1.165, 1.54) is 10.9 Å². The molecule has 0 bridgehead atoms. The first-order chi connectivity index (χ1) is 14.9. The molecule has 4 aromatic rings. The number of sulfonamides is 1. The lowest BCUT2D eigenvalue weighted by Gasteiger charge is -2.35. The van der Waals surface area contributed by atoms with Crippen molar-refractivity contribution in [2.45, 2.75) is 38.1 Å². The van der Waals surface area contributed by atoms with E-state index in [2.05, 4.69) is 17.1 Å². The number of rotatable bonds is 3. The summed E-state index contributed by atoms with van der Waals surface area (Å²) in [6.45, 7) is 6.45. The topological polar surface area (TPSA) is 53.2 Å². The van der Waals surface area contributed by atoms with Crippen molar-refractivity contribution >= 4 is 20.9 Å². The Morgan fingerprint density at radius 3 is 2.39 bits per heavy atom. The molecule has 1 aliphatic heterocycles. The minimum atomic E-state index is -3.68. The van der Waals surface area contributed by atoms with Crippen LogP contribution >= 0.6 is 0 Å². The summed E-state index contributed by atoms with van der Waals surface area (Å²) in [7, 11) is -3.68. The van der Waals surface area contributed by atoms with Gasteiger partial charge in [0.25, 0.3) is 0 Å². The number of nitrogens with one attached hydrogen (secondary N) is 1. The van der Waals surface area contributed by atoms with Crippen LogP contribution in [0.3, 0.4) is 0 Å². The lowest BCUT2D eigenvalue weighted by molar-refractivity contribution is 0.340. The third kappa shape index (κ3) is 3.29. The van der Waals surface area contributed by atoms with Crippen molar-refractivity contribution in [2.24, 2.45) is 0 Å². The van der Waals surface area contributed by atoms with Crippen molar-refractivity contribution in [3.8, 4) is 0 Å². The van der Waals surface area contributed by atoms with Gasteiger partial charge in [-0.05, 0) is 67.6 Å². The van der Waals surface area contributed by atoms with E-state index in [4.69, 9.17) is 0 Å². The summed E-state index contributed by atoms with van der Waals surface area (Å²) in [6.07, 6.45) is 0.686. The van der Waals surface area contributed by atoms with Gasteiger partial charge < -0.3 is 4.98 Å². The van der Waals surface area contributed by atoms with Crippen LogP contribution in [-0.4, -0.2) is 24.3 Å². The largest absolute Gasteiger partial charge is 0.357 e. The summed E-state index contributed by atoms with van der Waals surface area (Å²) in [6, 6.07) is 21.4. The average molecular weight is 431 g/mol. The molecule has 1 aliphatic rings. The van der Waals surface area contributed by atoms with Crippen LogP contribution < -0.4 is 0 Å². The van der Waals surface area contributed by atoms with Gasteiger partial charge in [-0.2, -0.15) is 4.31 Å². The molecule has 0 radical (unpaired) electrons. The predicted octanol–water partition coefficient (Wildman–Crippen LogP) is 5.43. The Hall–Kier alpha value is -2.89. The van der Waals surface area contributed by atoms with Crippen molar-refractivity contribution in [1.82, 2.24) is 9.29 Å². The molecule has 3 aromatic carbocycles. The Kier molecular flexibility index (Phi) is 4.76. The van der Waals surface area contributed by atoms with E-state index < -0.39 is 10.0 Å². The van der Waals surface area contributed by atoms with Gasteiger partial charge in [-0.25, -0.2) is 8.42 Å². The second-order valence-corrected chi connectivity index (χ2v) is 10.4. The summed E-state index contributed by atoms with van der Waals surface area (Å²) < 4.78 is 29.3. The van der Waals surface area contributed by atoms with Crippen LogP contribution in [0.5, 0.6) is 0 Å². The molecule has 1 atom stereocenters. The van der Waals surface area contributed by atoms with Gasteiger partial charge in [-0.1, -0.05) is 54.1 Å². The molecule has 158 valence electrons. The quantitative estimate of drug-likeness (QED) is 0.471. The maximum absolute atomic E-state index is 13.8. The van der Waals surface area contributed by atoms with Gasteiger partial charge in [-0.15, -0.1) is 0 Å². The predicted molar refractivity (Wildman–Crippen MR) is 125 cm³/mol. The molecule has 1 aromatic heterocycles. The van der Waals surface area contributed by atoms with E-state index in [1.807, 2.05) is 63.2 Å². The monoisotopic (exact) mass is 430 g/mol. The molecule has 0 fully saturated rings. The Bertz CT molecular complexity index is 1380. The van der Waals surface area contributed by atoms with Crippen LogP contribution in [0.15, 0.2) is 71.6 Å². The van der Waals surface area contributed by atoms with E-state index in [1.54, 1.807) is 16.4 Å². The summed E-state index contributed by atoms with van der Waals surface area (Å²) in [5.74, 6) is 0. The highest BCUT2D eigenvalue weighted by atomic mass is 32.2. The van der Waals surface area contributed by atoms with Crippen molar-refractivity contribution in [1.29, 1.82) is 0 Å². The van der Waals surface area contributed by atoms with Gasteiger partial charge in [0, 0.05) is 23.1 Å². The van der Waals surface area contributed by atoms with Gasteiger partial charge in [-0.3, -0.25) is 0 Å². The van der Waals surface area contributed by atoms with Crippen LogP contribution in [0.2, 0.25) is 0 Å². The second kappa shape index (κ2) is 7.36. The van der Waals surface area contributed by atoms with Gasteiger partial charge in [0.1, 0.15) is 0 Å². The number of aromatic amines is 1. The number of para-hydroxylation sites is 1. The third-order valence-corrected chi connectivity index (χ3v) is 8.33. The van der Waals surface area contributed by atoms with E-state index in [-0.39, 0.29) is 6.04 Å². The standard InChI is InChI=1S/C26H26N2O2S/c1-17-8-11-20(12-9-17)26-25-23(22-6-4-5-7-24(22)27-25)14-15-28(26)31(29,30)21-13-10-18(2)19(3)16-21/h4-13,16,26-27H,14-15H2,1-3H3/t26-/m1/s1. The van der Waals surface area contributed by atoms with E-state index >= 15 is 0 Å². The Morgan fingerprint density at radius 1 is 0.903 bits per heavy atom. The number of aryl methyl sites for hydroxylation is 3. The highest BCUT2D eigenvalue weighted by molar-refractivity contribution is 7.89. The number of aromatic nitrogens is 1. The molecule has 1 N–H and O–H groups in total. The number of fused-ring (bicyclic) bond motifs is 3. The summed E-state index contributed by atoms with van der Waals surface area (Å²) in [5, 5.41) is 1.18. The molecule has 0 saturated carbocycles. The third-order valence-electron chi connectivity index (χ3n) is 6.47. The molecule has 31 heavy (non-hydrogen) atoms. The van der Waals surface area contributed by atoms with E-state index in [0.717, 1.165) is 33.5 Å². The summed E-state index contributed by atoms with van der Waals surface area (Å²) in [4.78, 5) is 3.90. The normalized spacial score (nSPS) is 17.1. The van der Waals surface area contributed by atoms with Crippen LogP contribution in [0.4, 0.5) is 0 Å². The molecule has 0 saturated heterocycles. The van der Waals surface area contributed by atoms with E-state index in [9.17, 15) is 8.42 Å². The first-order valence-electron chi connectivity index (χ1n) is 10.6. The smallest absolute Gasteiger partial charge is 0.244 e. The summed E-state index contributed by atoms with van der Waals surface area (Å²) >= 11 is 0. The molecule has 0 spiro atoms.